The molecule has 0 atom stereocenters. The van der Waals surface area contributed by atoms with Gasteiger partial charge in [0.15, 0.2) is 0 Å². The molecule has 88 valence electrons. The first-order valence-electron chi connectivity index (χ1n) is 5.75. The molecule has 0 saturated heterocycles. The molecule has 0 fully saturated rings. The average Bonchev–Trinajstić information content (AvgIpc) is 2.38. The second kappa shape index (κ2) is 5.13. The van der Waals surface area contributed by atoms with E-state index in [1.807, 2.05) is 30.3 Å². The van der Waals surface area contributed by atoms with E-state index in [0.29, 0.717) is 6.54 Å². The van der Waals surface area contributed by atoms with Crippen molar-refractivity contribution in [1.82, 2.24) is 0 Å². The largest absolute Gasteiger partial charge is 0.392 e. The molecule has 2 aromatic carbocycles. The molecule has 0 spiro atoms. The number of aliphatic hydroxyl groups is 1. The van der Waals surface area contributed by atoms with Crippen LogP contribution in [0.1, 0.15) is 16.7 Å². The van der Waals surface area contributed by atoms with Gasteiger partial charge in [0.05, 0.1) is 6.61 Å². The molecule has 0 amide bonds. The van der Waals surface area contributed by atoms with E-state index in [9.17, 15) is 5.11 Å². The highest BCUT2D eigenvalue weighted by atomic mass is 16.3. The summed E-state index contributed by atoms with van der Waals surface area (Å²) in [5.74, 6) is 0. The predicted molar refractivity (Wildman–Crippen MR) is 70.4 cm³/mol. The highest BCUT2D eigenvalue weighted by molar-refractivity contribution is 5.71. The zero-order chi connectivity index (χ0) is 12.3. The van der Waals surface area contributed by atoms with Crippen molar-refractivity contribution in [1.29, 1.82) is 0 Å². The van der Waals surface area contributed by atoms with Gasteiger partial charge in [0.25, 0.3) is 0 Å². The van der Waals surface area contributed by atoms with Gasteiger partial charge in [-0.1, -0.05) is 36.4 Å². The Morgan fingerprint density at radius 3 is 2.59 bits per heavy atom. The molecule has 0 aromatic heterocycles. The molecule has 0 aliphatic rings. The number of nitrogens with two attached hydrogens (primary N) is 1. The summed E-state index contributed by atoms with van der Waals surface area (Å²) in [6.45, 7) is 2.68. The lowest BCUT2D eigenvalue weighted by Gasteiger charge is -2.12. The first-order chi connectivity index (χ1) is 8.26. The molecular formula is C15H17NO. The second-order valence-corrected chi connectivity index (χ2v) is 4.17. The van der Waals surface area contributed by atoms with Crippen molar-refractivity contribution >= 4 is 0 Å². The number of aryl methyl sites for hydroxylation is 1. The molecule has 2 rings (SSSR count). The maximum Gasteiger partial charge on any atom is 0.0682 e. The van der Waals surface area contributed by atoms with Crippen molar-refractivity contribution in [2.45, 2.75) is 20.1 Å². The standard InChI is InChI=1S/C15H17NO/c1-11-4-2-7-14(9-16)15(11)13-6-3-5-12(8-13)10-17/h2-8,17H,9-10,16H2,1H3. The van der Waals surface area contributed by atoms with E-state index < -0.39 is 0 Å². The Labute approximate surface area is 102 Å². The molecule has 0 saturated carbocycles. The Bertz CT molecular complexity index is 520. The van der Waals surface area contributed by atoms with Gasteiger partial charge >= 0.3 is 0 Å². The quantitative estimate of drug-likeness (QED) is 0.846. The van der Waals surface area contributed by atoms with Gasteiger partial charge in [0.2, 0.25) is 0 Å². The first kappa shape index (κ1) is 11.8. The summed E-state index contributed by atoms with van der Waals surface area (Å²) in [7, 11) is 0. The van der Waals surface area contributed by atoms with Crippen LogP contribution in [0.2, 0.25) is 0 Å². The highest BCUT2D eigenvalue weighted by Crippen LogP contribution is 2.28. The summed E-state index contributed by atoms with van der Waals surface area (Å²) < 4.78 is 0. The van der Waals surface area contributed by atoms with Gasteiger partial charge in [0.1, 0.15) is 0 Å². The molecule has 17 heavy (non-hydrogen) atoms. The summed E-state index contributed by atoms with van der Waals surface area (Å²) in [5.41, 5.74) is 11.4. The lowest BCUT2D eigenvalue weighted by molar-refractivity contribution is 0.282. The van der Waals surface area contributed by atoms with Gasteiger partial charge in [-0.15, -0.1) is 0 Å². The normalized spacial score (nSPS) is 10.5. The van der Waals surface area contributed by atoms with Crippen LogP contribution in [0.25, 0.3) is 11.1 Å². The third kappa shape index (κ3) is 2.38. The van der Waals surface area contributed by atoms with Gasteiger partial charge in [-0.05, 0) is 40.8 Å². The van der Waals surface area contributed by atoms with E-state index in [1.54, 1.807) is 0 Å². The second-order valence-electron chi connectivity index (χ2n) is 4.17. The first-order valence-corrected chi connectivity index (χ1v) is 5.75. The number of hydrogen-bond acceptors (Lipinski definition) is 2. The maximum absolute atomic E-state index is 9.18. The van der Waals surface area contributed by atoms with Crippen molar-refractivity contribution < 1.29 is 5.11 Å². The Kier molecular flexibility index (Phi) is 3.57. The summed E-state index contributed by atoms with van der Waals surface area (Å²) in [6, 6.07) is 14.1. The van der Waals surface area contributed by atoms with Crippen LogP contribution in [-0.2, 0) is 13.2 Å². The Morgan fingerprint density at radius 1 is 1.12 bits per heavy atom. The van der Waals surface area contributed by atoms with Gasteiger partial charge < -0.3 is 10.8 Å². The Balaban J connectivity index is 2.58. The molecular weight excluding hydrogens is 210 g/mol. The van der Waals surface area contributed by atoms with Crippen LogP contribution >= 0.6 is 0 Å². The fourth-order valence-corrected chi connectivity index (χ4v) is 2.14. The molecule has 2 heteroatoms. The zero-order valence-corrected chi connectivity index (χ0v) is 9.98. The van der Waals surface area contributed by atoms with Gasteiger partial charge in [-0.2, -0.15) is 0 Å². The average molecular weight is 227 g/mol. The summed E-state index contributed by atoms with van der Waals surface area (Å²) in [6.07, 6.45) is 0. The molecule has 2 nitrogen and oxygen atoms in total. The molecule has 0 bridgehead atoms. The van der Waals surface area contributed by atoms with Crippen molar-refractivity contribution in [3.05, 3.63) is 59.2 Å². The number of aliphatic hydroxyl groups excluding tert-OH is 1. The van der Waals surface area contributed by atoms with Crippen molar-refractivity contribution in [3.8, 4) is 11.1 Å². The van der Waals surface area contributed by atoms with Crippen LogP contribution in [0.15, 0.2) is 42.5 Å². The van der Waals surface area contributed by atoms with E-state index in [1.165, 1.54) is 11.1 Å². The van der Waals surface area contributed by atoms with E-state index >= 15 is 0 Å². The van der Waals surface area contributed by atoms with E-state index in [2.05, 4.69) is 19.1 Å². The fraction of sp³-hybridized carbons (Fsp3) is 0.200. The third-order valence-corrected chi connectivity index (χ3v) is 2.98. The fourth-order valence-electron chi connectivity index (χ4n) is 2.14. The molecule has 2 aromatic rings. The molecule has 0 unspecified atom stereocenters. The number of benzene rings is 2. The highest BCUT2D eigenvalue weighted by Gasteiger charge is 2.07. The minimum Gasteiger partial charge on any atom is -0.392 e. The molecule has 0 aliphatic carbocycles. The Hall–Kier alpha value is -1.64. The van der Waals surface area contributed by atoms with Crippen LogP contribution in [0.4, 0.5) is 0 Å². The van der Waals surface area contributed by atoms with Crippen LogP contribution in [0, 0.1) is 6.92 Å². The zero-order valence-electron chi connectivity index (χ0n) is 9.98. The maximum atomic E-state index is 9.18. The monoisotopic (exact) mass is 227 g/mol. The van der Waals surface area contributed by atoms with Crippen LogP contribution in [0.3, 0.4) is 0 Å². The van der Waals surface area contributed by atoms with Crippen molar-refractivity contribution in [2.24, 2.45) is 5.73 Å². The molecule has 3 N–H and O–H groups in total. The summed E-state index contributed by atoms with van der Waals surface area (Å²) >= 11 is 0. The summed E-state index contributed by atoms with van der Waals surface area (Å²) in [5, 5.41) is 9.18. The molecule has 0 radical (unpaired) electrons. The third-order valence-electron chi connectivity index (χ3n) is 2.98. The lowest BCUT2D eigenvalue weighted by Crippen LogP contribution is -2.00. The van der Waals surface area contributed by atoms with E-state index in [-0.39, 0.29) is 6.61 Å². The Morgan fingerprint density at radius 2 is 1.88 bits per heavy atom. The number of rotatable bonds is 3. The molecule has 0 aliphatic heterocycles. The van der Waals surface area contributed by atoms with Gasteiger partial charge in [-0.3, -0.25) is 0 Å². The van der Waals surface area contributed by atoms with Gasteiger partial charge in [0, 0.05) is 6.54 Å². The van der Waals surface area contributed by atoms with Crippen LogP contribution in [0.5, 0.6) is 0 Å². The summed E-state index contributed by atoms with van der Waals surface area (Å²) in [4.78, 5) is 0. The van der Waals surface area contributed by atoms with Gasteiger partial charge in [-0.25, -0.2) is 0 Å². The minimum atomic E-state index is 0.0671. The van der Waals surface area contributed by atoms with Crippen LogP contribution in [-0.4, -0.2) is 5.11 Å². The minimum absolute atomic E-state index is 0.0671. The van der Waals surface area contributed by atoms with Crippen LogP contribution < -0.4 is 5.73 Å². The number of hydrogen-bond donors (Lipinski definition) is 2. The lowest BCUT2D eigenvalue weighted by atomic mass is 9.94. The predicted octanol–water partition coefficient (Wildman–Crippen LogP) is 2.61. The molecule has 0 heterocycles. The van der Waals surface area contributed by atoms with Crippen molar-refractivity contribution in [3.63, 3.8) is 0 Å². The topological polar surface area (TPSA) is 46.2 Å². The smallest absolute Gasteiger partial charge is 0.0682 e. The van der Waals surface area contributed by atoms with Crippen molar-refractivity contribution in [2.75, 3.05) is 0 Å². The SMILES string of the molecule is Cc1cccc(CN)c1-c1cccc(CO)c1. The van der Waals surface area contributed by atoms with E-state index in [4.69, 9.17) is 5.73 Å². The van der Waals surface area contributed by atoms with E-state index in [0.717, 1.165) is 16.7 Å².